The van der Waals surface area contributed by atoms with E-state index in [9.17, 15) is 0 Å². The van der Waals surface area contributed by atoms with Crippen LogP contribution < -0.4 is 0 Å². The number of alkyl halides is 1. The van der Waals surface area contributed by atoms with Crippen LogP contribution in [0.15, 0.2) is 0 Å². The van der Waals surface area contributed by atoms with Crippen LogP contribution in [0, 0.1) is 40.8 Å². The van der Waals surface area contributed by atoms with Crippen molar-refractivity contribution >= 4 is 22.6 Å². The van der Waals surface area contributed by atoms with Gasteiger partial charge in [0.25, 0.3) is 0 Å². The van der Waals surface area contributed by atoms with Crippen LogP contribution in [-0.2, 0) is 74.9 Å². The fourth-order valence-electron chi connectivity index (χ4n) is 4.50. The van der Waals surface area contributed by atoms with Crippen molar-refractivity contribution in [2.24, 2.45) is 11.8 Å². The molecular formula is C25H53IN2O2Y2-4. The van der Waals surface area contributed by atoms with Crippen molar-refractivity contribution in [1.82, 2.24) is 9.80 Å². The van der Waals surface area contributed by atoms with Crippen LogP contribution in [0.1, 0.15) is 65.7 Å². The van der Waals surface area contributed by atoms with Crippen molar-refractivity contribution in [3.8, 4) is 0 Å². The third kappa shape index (κ3) is 19.9. The molecule has 2 rings (SSSR count). The molecule has 0 amide bonds. The maximum absolute atomic E-state index is 5.43. The Morgan fingerprint density at radius 1 is 0.875 bits per heavy atom. The Balaban J connectivity index is -0.000000126. The molecule has 2 radical (unpaired) electrons. The molecule has 2 heterocycles. The van der Waals surface area contributed by atoms with Crippen molar-refractivity contribution in [2.75, 3.05) is 44.9 Å². The third-order valence-corrected chi connectivity index (χ3v) is 5.89. The fourth-order valence-corrected chi connectivity index (χ4v) is 4.50. The van der Waals surface area contributed by atoms with Crippen LogP contribution in [0.5, 0.6) is 0 Å². The third-order valence-electron chi connectivity index (χ3n) is 5.89. The molecule has 32 heavy (non-hydrogen) atoms. The number of ether oxygens (including phenoxy) is 2. The van der Waals surface area contributed by atoms with Gasteiger partial charge in [-0.1, -0.05) is 49.3 Å². The first kappa shape index (κ1) is 44.7. The summed E-state index contributed by atoms with van der Waals surface area (Å²) in [6.07, 6.45) is 9.10. The first-order valence-electron chi connectivity index (χ1n) is 11.1. The Morgan fingerprint density at radius 2 is 1.38 bits per heavy atom. The van der Waals surface area contributed by atoms with Crippen LogP contribution >= 0.6 is 22.6 Å². The predicted octanol–water partition coefficient (Wildman–Crippen LogP) is 6.56. The topological polar surface area (TPSA) is 24.9 Å². The number of nitrogens with zero attached hydrogens (tertiary/aromatic N) is 2. The Hall–Kier alpha value is 2.78. The van der Waals surface area contributed by atoms with Crippen LogP contribution in [0.25, 0.3) is 0 Å². The minimum absolute atomic E-state index is 0. The van der Waals surface area contributed by atoms with E-state index in [0.29, 0.717) is 6.04 Å². The summed E-state index contributed by atoms with van der Waals surface area (Å²) in [4.78, 5) is 6.65. The molecule has 0 saturated carbocycles. The zero-order valence-electron chi connectivity index (χ0n) is 22.5. The van der Waals surface area contributed by atoms with E-state index in [1.807, 2.05) is 11.9 Å². The zero-order chi connectivity index (χ0) is 21.4. The van der Waals surface area contributed by atoms with Gasteiger partial charge in [-0.2, -0.15) is 0 Å². The SMILES string of the molecule is CI.[CH2-]N1CC(CCC)CC1COCC.[CH2-]OCCC1CC(CCC)CN1C.[CH3-].[CH3-].[Y].[Y]. The Morgan fingerprint density at radius 3 is 1.84 bits per heavy atom. The monoisotopic (exact) mass is 718 g/mol. The van der Waals surface area contributed by atoms with E-state index >= 15 is 0 Å². The van der Waals surface area contributed by atoms with Crippen LogP contribution in [-0.4, -0.2) is 66.8 Å². The average Bonchev–Trinajstić information content (AvgIpc) is 3.22. The molecule has 2 aliphatic heterocycles. The molecule has 2 aliphatic rings. The van der Waals surface area contributed by atoms with Gasteiger partial charge < -0.3 is 34.1 Å². The summed E-state index contributed by atoms with van der Waals surface area (Å²) in [6.45, 7) is 11.5. The molecule has 0 aromatic rings. The summed E-state index contributed by atoms with van der Waals surface area (Å²) in [7, 11) is 9.69. The average molecular weight is 718 g/mol. The second-order valence-electron chi connectivity index (χ2n) is 8.16. The predicted molar refractivity (Wildman–Crippen MR) is 143 cm³/mol. The van der Waals surface area contributed by atoms with Gasteiger partial charge in [0, 0.05) is 97.3 Å². The summed E-state index contributed by atoms with van der Waals surface area (Å²) >= 11 is 2.15. The van der Waals surface area contributed by atoms with E-state index in [4.69, 9.17) is 9.47 Å². The first-order chi connectivity index (χ1) is 13.5. The fraction of sp³-hybridized carbons (Fsp3) is 0.840. The number of likely N-dealkylation sites (tertiary alicyclic amines) is 2. The maximum atomic E-state index is 5.43. The minimum atomic E-state index is 0. The molecule has 0 aromatic heterocycles. The summed E-state index contributed by atoms with van der Waals surface area (Å²) < 4.78 is 10.3. The zero-order valence-corrected chi connectivity index (χ0v) is 30.3. The van der Waals surface area contributed by atoms with Gasteiger partial charge in [0.05, 0.1) is 6.61 Å². The van der Waals surface area contributed by atoms with Crippen molar-refractivity contribution < 1.29 is 74.9 Å². The quantitative estimate of drug-likeness (QED) is 0.145. The second kappa shape index (κ2) is 30.0. The largest absolute Gasteiger partial charge is 0.555 e. The van der Waals surface area contributed by atoms with Crippen molar-refractivity contribution in [3.63, 3.8) is 0 Å². The van der Waals surface area contributed by atoms with Gasteiger partial charge in [-0.25, -0.2) is 7.11 Å². The van der Waals surface area contributed by atoms with Crippen molar-refractivity contribution in [2.45, 2.75) is 77.8 Å². The summed E-state index contributed by atoms with van der Waals surface area (Å²) in [6, 6.07) is 1.30. The summed E-state index contributed by atoms with van der Waals surface area (Å²) in [5.41, 5.74) is 0. The van der Waals surface area contributed by atoms with E-state index in [1.165, 1.54) is 45.1 Å². The van der Waals surface area contributed by atoms with Gasteiger partial charge in [0.2, 0.25) is 0 Å². The molecule has 0 bridgehead atoms. The number of hydrogen-bond donors (Lipinski definition) is 0. The van der Waals surface area contributed by atoms with Crippen LogP contribution in [0.4, 0.5) is 0 Å². The Bertz CT molecular complexity index is 326. The normalized spacial score (nSPS) is 24.4. The molecule has 2 fully saturated rings. The first-order valence-corrected chi connectivity index (χ1v) is 13.3. The van der Waals surface area contributed by atoms with E-state index in [-0.39, 0.29) is 80.3 Å². The van der Waals surface area contributed by atoms with E-state index < -0.39 is 0 Å². The maximum Gasteiger partial charge on any atom is 0.0597 e. The number of hydrogen-bond acceptors (Lipinski definition) is 4. The van der Waals surface area contributed by atoms with Gasteiger partial charge in [-0.15, -0.1) is 0 Å². The van der Waals surface area contributed by atoms with Gasteiger partial charge in [-0.05, 0) is 69.4 Å². The van der Waals surface area contributed by atoms with E-state index in [1.54, 1.807) is 0 Å². The van der Waals surface area contributed by atoms with Crippen molar-refractivity contribution in [3.05, 3.63) is 29.0 Å². The van der Waals surface area contributed by atoms with E-state index in [0.717, 1.165) is 50.7 Å². The molecule has 192 valence electrons. The van der Waals surface area contributed by atoms with Crippen LogP contribution in [0.3, 0.4) is 0 Å². The number of halogens is 1. The second-order valence-corrected chi connectivity index (χ2v) is 8.16. The molecular weight excluding hydrogens is 665 g/mol. The van der Waals surface area contributed by atoms with E-state index in [2.05, 4.69) is 67.4 Å². The van der Waals surface area contributed by atoms with Crippen molar-refractivity contribution in [1.29, 1.82) is 0 Å². The Kier molecular flexibility index (Phi) is 42.0. The molecule has 0 aromatic carbocycles. The van der Waals surface area contributed by atoms with Crippen LogP contribution in [0.2, 0.25) is 0 Å². The molecule has 0 spiro atoms. The smallest absolute Gasteiger partial charge is 0.0597 e. The van der Waals surface area contributed by atoms with Gasteiger partial charge in [0.1, 0.15) is 0 Å². The summed E-state index contributed by atoms with van der Waals surface area (Å²) in [5.74, 6) is 1.78. The molecule has 4 unspecified atom stereocenters. The molecule has 2 saturated heterocycles. The molecule has 0 N–H and O–H groups in total. The van der Waals surface area contributed by atoms with Gasteiger partial charge >= 0.3 is 0 Å². The molecule has 0 aliphatic carbocycles. The molecule has 7 heteroatoms. The van der Waals surface area contributed by atoms with Gasteiger partial charge in [0.15, 0.2) is 0 Å². The standard InChI is InChI=1S/2C11H22NO.CH3I.2CH3.2Y/c1-4-5-10-8-11(6-7-13-3)12(2)9-10;1-4-6-10-7-11(9-13-5-2)12(3)8-10;1-2;;;;/h2*10-11H,3-9H2,1-2H3;1H3;2*1H3;;/q2*-1;;2*-1;;. The van der Waals surface area contributed by atoms with Gasteiger partial charge in [-0.3, -0.25) is 7.05 Å². The molecule has 4 atom stereocenters. The summed E-state index contributed by atoms with van der Waals surface area (Å²) in [5, 5.41) is 0. The molecule has 4 nitrogen and oxygen atoms in total. The Labute approximate surface area is 267 Å². The number of rotatable bonds is 10. The minimum Gasteiger partial charge on any atom is -0.555 e.